The Labute approximate surface area is 112 Å². The number of thioether (sulfide) groups is 1. The van der Waals surface area contributed by atoms with Gasteiger partial charge >= 0.3 is 6.03 Å². The van der Waals surface area contributed by atoms with E-state index in [9.17, 15) is 9.59 Å². The van der Waals surface area contributed by atoms with Crippen molar-refractivity contribution < 1.29 is 14.3 Å². The molecular formula is C12H20N2O3S. The molecule has 2 aliphatic rings. The van der Waals surface area contributed by atoms with E-state index in [4.69, 9.17) is 4.74 Å². The van der Waals surface area contributed by atoms with Crippen molar-refractivity contribution in [3.05, 3.63) is 0 Å². The number of urea groups is 1. The Bertz CT molecular complexity index is 359. The fourth-order valence-corrected chi connectivity index (χ4v) is 3.48. The maximum absolute atomic E-state index is 12.3. The molecule has 18 heavy (non-hydrogen) atoms. The average molecular weight is 272 g/mol. The minimum Gasteiger partial charge on any atom is -0.374 e. The number of hydrogen-bond acceptors (Lipinski definition) is 4. The van der Waals surface area contributed by atoms with Crippen LogP contribution in [0.15, 0.2) is 0 Å². The summed E-state index contributed by atoms with van der Waals surface area (Å²) in [4.78, 5) is 25.4. The van der Waals surface area contributed by atoms with Crippen LogP contribution in [-0.4, -0.2) is 52.6 Å². The monoisotopic (exact) mass is 272 g/mol. The van der Waals surface area contributed by atoms with Crippen LogP contribution in [0, 0.1) is 0 Å². The highest BCUT2D eigenvalue weighted by Crippen LogP contribution is 2.33. The number of ether oxygens (including phenoxy) is 1. The smallest absolute Gasteiger partial charge is 0.325 e. The number of imide groups is 1. The van der Waals surface area contributed by atoms with Crippen LogP contribution in [0.5, 0.6) is 0 Å². The molecule has 3 amide bonds. The van der Waals surface area contributed by atoms with E-state index in [1.807, 2.05) is 20.8 Å². The number of nitrogens with one attached hydrogen (secondary N) is 1. The molecule has 0 aromatic carbocycles. The summed E-state index contributed by atoms with van der Waals surface area (Å²) in [6.45, 7) is 6.57. The van der Waals surface area contributed by atoms with Crippen molar-refractivity contribution in [1.29, 1.82) is 0 Å². The molecular weight excluding hydrogens is 252 g/mol. The summed E-state index contributed by atoms with van der Waals surface area (Å²) < 4.78 is 5.56. The third kappa shape index (κ3) is 2.64. The maximum atomic E-state index is 12.3. The Morgan fingerprint density at radius 3 is 2.72 bits per heavy atom. The Hall–Kier alpha value is -0.750. The zero-order valence-electron chi connectivity index (χ0n) is 11.1. The molecule has 0 aromatic heterocycles. The minimum atomic E-state index is -0.635. The first-order valence-corrected chi connectivity index (χ1v) is 7.35. The van der Waals surface area contributed by atoms with Crippen molar-refractivity contribution in [2.45, 2.75) is 38.3 Å². The van der Waals surface area contributed by atoms with Gasteiger partial charge in [0.1, 0.15) is 5.54 Å². The van der Waals surface area contributed by atoms with Gasteiger partial charge in [-0.15, -0.1) is 0 Å². The van der Waals surface area contributed by atoms with E-state index in [-0.39, 0.29) is 17.5 Å². The molecule has 0 saturated carbocycles. The van der Waals surface area contributed by atoms with Crippen LogP contribution < -0.4 is 5.32 Å². The van der Waals surface area contributed by atoms with Gasteiger partial charge in [0, 0.05) is 5.75 Å². The molecule has 0 radical (unpaired) electrons. The lowest BCUT2D eigenvalue weighted by Crippen LogP contribution is -2.47. The van der Waals surface area contributed by atoms with E-state index in [1.165, 1.54) is 4.90 Å². The summed E-state index contributed by atoms with van der Waals surface area (Å²) in [5.41, 5.74) is -0.885. The first kappa shape index (κ1) is 13.7. The van der Waals surface area contributed by atoms with Crippen molar-refractivity contribution in [2.75, 3.05) is 24.7 Å². The van der Waals surface area contributed by atoms with Gasteiger partial charge in [-0.2, -0.15) is 11.8 Å². The molecule has 2 aliphatic heterocycles. The molecule has 102 valence electrons. The van der Waals surface area contributed by atoms with Gasteiger partial charge < -0.3 is 10.1 Å². The largest absolute Gasteiger partial charge is 0.374 e. The molecule has 2 fully saturated rings. The predicted octanol–water partition coefficient (Wildman–Crippen LogP) is 1.23. The van der Waals surface area contributed by atoms with Gasteiger partial charge in [-0.25, -0.2) is 4.79 Å². The Kier molecular flexibility index (Phi) is 3.60. The van der Waals surface area contributed by atoms with Gasteiger partial charge in [0.25, 0.3) is 5.91 Å². The Balaban J connectivity index is 1.93. The van der Waals surface area contributed by atoms with Gasteiger partial charge in [-0.1, -0.05) is 0 Å². The van der Waals surface area contributed by atoms with E-state index in [0.717, 1.165) is 12.2 Å². The van der Waals surface area contributed by atoms with Crippen LogP contribution in [0.2, 0.25) is 0 Å². The fourth-order valence-electron chi connectivity index (χ4n) is 2.15. The molecule has 1 unspecified atom stereocenters. The van der Waals surface area contributed by atoms with Gasteiger partial charge in [0.05, 0.1) is 18.8 Å². The number of carbonyl (C=O) groups excluding carboxylic acids is 2. The molecule has 6 heteroatoms. The lowest BCUT2D eigenvalue weighted by molar-refractivity contribution is -0.131. The molecule has 1 N–H and O–H groups in total. The van der Waals surface area contributed by atoms with Gasteiger partial charge in [0.2, 0.25) is 0 Å². The molecule has 0 aromatic rings. The molecule has 5 nitrogen and oxygen atoms in total. The molecule has 2 heterocycles. The summed E-state index contributed by atoms with van der Waals surface area (Å²) >= 11 is 1.71. The number of rotatable bonds is 3. The minimum absolute atomic E-state index is 0.0880. The first-order valence-electron chi connectivity index (χ1n) is 6.20. The van der Waals surface area contributed by atoms with Crippen molar-refractivity contribution in [2.24, 2.45) is 0 Å². The van der Waals surface area contributed by atoms with Crippen LogP contribution in [-0.2, 0) is 9.53 Å². The first-order chi connectivity index (χ1) is 8.34. The number of hydrogen-bond donors (Lipinski definition) is 1. The zero-order valence-corrected chi connectivity index (χ0v) is 11.9. The maximum Gasteiger partial charge on any atom is 0.325 e. The van der Waals surface area contributed by atoms with Crippen LogP contribution in [0.25, 0.3) is 0 Å². The normalized spacial score (nSPS) is 28.3. The Morgan fingerprint density at radius 2 is 2.17 bits per heavy atom. The number of amides is 3. The lowest BCUT2D eigenvalue weighted by atomic mass is 9.99. The molecule has 0 aliphatic carbocycles. The van der Waals surface area contributed by atoms with E-state index in [1.54, 1.807) is 11.8 Å². The third-order valence-corrected chi connectivity index (χ3v) is 4.31. The van der Waals surface area contributed by atoms with E-state index in [2.05, 4.69) is 5.32 Å². The summed E-state index contributed by atoms with van der Waals surface area (Å²) in [6, 6.07) is -0.278. The average Bonchev–Trinajstić information content (AvgIpc) is 2.78. The molecule has 0 bridgehead atoms. The molecule has 1 atom stereocenters. The zero-order chi connectivity index (χ0) is 13.4. The molecule has 1 spiro atoms. The predicted molar refractivity (Wildman–Crippen MR) is 70.6 cm³/mol. The molecule has 2 saturated heterocycles. The van der Waals surface area contributed by atoms with Crippen molar-refractivity contribution in [3.8, 4) is 0 Å². The van der Waals surface area contributed by atoms with Gasteiger partial charge in [0.15, 0.2) is 0 Å². The summed E-state index contributed by atoms with van der Waals surface area (Å²) in [7, 11) is 0. The van der Waals surface area contributed by atoms with Crippen LogP contribution in [0.1, 0.15) is 27.2 Å². The number of nitrogens with zero attached hydrogens (tertiary/aromatic N) is 1. The standard InChI is InChI=1S/C12H20N2O3S/c1-11(2,3)17-6-5-14-9(15)12(13-10(14)16)4-7-18-8-12/h4-8H2,1-3H3,(H,13,16). The second-order valence-electron chi connectivity index (χ2n) is 5.73. The van der Waals surface area contributed by atoms with E-state index >= 15 is 0 Å². The van der Waals surface area contributed by atoms with Crippen LogP contribution >= 0.6 is 11.8 Å². The van der Waals surface area contributed by atoms with Crippen molar-refractivity contribution >= 4 is 23.7 Å². The quantitative estimate of drug-likeness (QED) is 0.785. The van der Waals surface area contributed by atoms with Crippen LogP contribution in [0.3, 0.4) is 0 Å². The lowest BCUT2D eigenvalue weighted by Gasteiger charge is -2.22. The van der Waals surface area contributed by atoms with Crippen molar-refractivity contribution in [1.82, 2.24) is 10.2 Å². The van der Waals surface area contributed by atoms with Crippen LogP contribution in [0.4, 0.5) is 4.79 Å². The second-order valence-corrected chi connectivity index (χ2v) is 6.84. The fraction of sp³-hybridized carbons (Fsp3) is 0.833. The van der Waals surface area contributed by atoms with Gasteiger partial charge in [-0.05, 0) is 32.9 Å². The highest BCUT2D eigenvalue weighted by atomic mass is 32.2. The SMILES string of the molecule is CC(C)(C)OCCN1C(=O)NC2(CCSC2)C1=O. The van der Waals surface area contributed by atoms with Gasteiger partial charge in [-0.3, -0.25) is 9.69 Å². The van der Waals surface area contributed by atoms with E-state index in [0.29, 0.717) is 18.9 Å². The summed E-state index contributed by atoms with van der Waals surface area (Å²) in [6.07, 6.45) is 0.735. The highest BCUT2D eigenvalue weighted by molar-refractivity contribution is 7.99. The van der Waals surface area contributed by atoms with Crippen molar-refractivity contribution in [3.63, 3.8) is 0 Å². The Morgan fingerprint density at radius 1 is 1.44 bits per heavy atom. The topological polar surface area (TPSA) is 58.6 Å². The molecule has 2 rings (SSSR count). The third-order valence-electron chi connectivity index (χ3n) is 3.12. The summed E-state index contributed by atoms with van der Waals surface area (Å²) in [5.74, 6) is 1.53. The van der Waals surface area contributed by atoms with E-state index < -0.39 is 5.54 Å². The number of carbonyl (C=O) groups is 2. The highest BCUT2D eigenvalue weighted by Gasteiger charge is 2.52. The second kappa shape index (κ2) is 4.74. The summed E-state index contributed by atoms with van der Waals surface area (Å²) in [5, 5.41) is 2.84.